The number of hydrogen-bond acceptors (Lipinski definition) is 2. The van der Waals surface area contributed by atoms with Gasteiger partial charge in [0, 0.05) is 18.1 Å². The van der Waals surface area contributed by atoms with Crippen LogP contribution in [0.25, 0.3) is 0 Å². The zero-order valence-electron chi connectivity index (χ0n) is 12.9. The van der Waals surface area contributed by atoms with E-state index < -0.39 is 0 Å². The van der Waals surface area contributed by atoms with Crippen LogP contribution in [0.1, 0.15) is 84.0 Å². The summed E-state index contributed by atoms with van der Waals surface area (Å²) < 4.78 is 0. The van der Waals surface area contributed by atoms with Crippen LogP contribution in [0.5, 0.6) is 0 Å². The molecule has 2 fully saturated rings. The molecule has 1 aliphatic heterocycles. The van der Waals surface area contributed by atoms with Crippen molar-refractivity contribution in [2.45, 2.75) is 102 Å². The van der Waals surface area contributed by atoms with Gasteiger partial charge in [-0.3, -0.25) is 4.90 Å². The molecular formula is C17H34N2. The standard InChI is InChI=1S/C17H34N2/c1-15-11-10-14-19(15)17-13-9-7-5-3-2-4-6-8-12-16(17)18/h15-17H,2-14,18H2,1H3. The molecule has 2 nitrogen and oxygen atoms in total. The lowest BCUT2D eigenvalue weighted by Crippen LogP contribution is -2.49. The Labute approximate surface area is 120 Å². The van der Waals surface area contributed by atoms with Crippen LogP contribution in [0.15, 0.2) is 0 Å². The molecule has 2 rings (SSSR count). The Bertz CT molecular complexity index is 241. The molecule has 3 unspecified atom stereocenters. The maximum absolute atomic E-state index is 6.56. The van der Waals surface area contributed by atoms with Crippen molar-refractivity contribution in [3.05, 3.63) is 0 Å². The number of hydrogen-bond donors (Lipinski definition) is 1. The normalized spacial score (nSPS) is 36.6. The number of likely N-dealkylation sites (tertiary alicyclic amines) is 1. The zero-order valence-corrected chi connectivity index (χ0v) is 12.9. The molecule has 0 bridgehead atoms. The van der Waals surface area contributed by atoms with E-state index in [1.807, 2.05) is 0 Å². The van der Waals surface area contributed by atoms with Gasteiger partial charge < -0.3 is 5.73 Å². The highest BCUT2D eigenvalue weighted by atomic mass is 15.2. The number of nitrogens with two attached hydrogens (primary N) is 1. The van der Waals surface area contributed by atoms with Crippen molar-refractivity contribution >= 4 is 0 Å². The van der Waals surface area contributed by atoms with Crippen molar-refractivity contribution in [2.75, 3.05) is 6.54 Å². The highest BCUT2D eigenvalue weighted by Crippen LogP contribution is 2.26. The summed E-state index contributed by atoms with van der Waals surface area (Å²) >= 11 is 0. The van der Waals surface area contributed by atoms with Crippen LogP contribution < -0.4 is 5.73 Å². The molecule has 2 aliphatic rings. The Morgan fingerprint density at radius 2 is 1.32 bits per heavy atom. The SMILES string of the molecule is CC1CCCN1C1CCCCCCCCCCC1N. The molecule has 112 valence electrons. The predicted octanol–water partition coefficient (Wildman–Crippen LogP) is 4.08. The van der Waals surface area contributed by atoms with Gasteiger partial charge in [-0.05, 0) is 39.2 Å². The van der Waals surface area contributed by atoms with E-state index in [4.69, 9.17) is 5.73 Å². The monoisotopic (exact) mass is 266 g/mol. The molecule has 0 radical (unpaired) electrons. The van der Waals surface area contributed by atoms with E-state index in [9.17, 15) is 0 Å². The zero-order chi connectivity index (χ0) is 13.5. The van der Waals surface area contributed by atoms with Crippen LogP contribution in [0.3, 0.4) is 0 Å². The molecule has 0 aromatic heterocycles. The van der Waals surface area contributed by atoms with E-state index in [0.717, 1.165) is 6.04 Å². The van der Waals surface area contributed by atoms with Crippen LogP contribution in [0.4, 0.5) is 0 Å². The molecule has 0 amide bonds. The third kappa shape index (κ3) is 4.75. The second kappa shape index (κ2) is 8.26. The Morgan fingerprint density at radius 1 is 0.737 bits per heavy atom. The topological polar surface area (TPSA) is 29.3 Å². The van der Waals surface area contributed by atoms with Crippen molar-refractivity contribution in [1.29, 1.82) is 0 Å². The predicted molar refractivity (Wildman–Crippen MR) is 83.3 cm³/mol. The molecule has 2 heteroatoms. The molecule has 0 aromatic carbocycles. The van der Waals surface area contributed by atoms with Crippen molar-refractivity contribution in [3.63, 3.8) is 0 Å². The maximum Gasteiger partial charge on any atom is 0.0250 e. The quantitative estimate of drug-likeness (QED) is 0.775. The van der Waals surface area contributed by atoms with Gasteiger partial charge in [0.05, 0.1) is 0 Å². The molecule has 19 heavy (non-hydrogen) atoms. The summed E-state index contributed by atoms with van der Waals surface area (Å²) in [6.45, 7) is 3.69. The van der Waals surface area contributed by atoms with Gasteiger partial charge in [0.2, 0.25) is 0 Å². The van der Waals surface area contributed by atoms with Crippen LogP contribution in [0.2, 0.25) is 0 Å². The Hall–Kier alpha value is -0.0800. The molecule has 0 spiro atoms. The number of nitrogens with zero attached hydrogens (tertiary/aromatic N) is 1. The largest absolute Gasteiger partial charge is 0.326 e. The summed E-state index contributed by atoms with van der Waals surface area (Å²) in [6.07, 6.45) is 16.7. The van der Waals surface area contributed by atoms with Crippen LogP contribution in [-0.2, 0) is 0 Å². The molecule has 1 aliphatic carbocycles. The van der Waals surface area contributed by atoms with E-state index in [2.05, 4.69) is 11.8 Å². The molecule has 0 aromatic rings. The van der Waals surface area contributed by atoms with E-state index in [-0.39, 0.29) is 0 Å². The van der Waals surface area contributed by atoms with Gasteiger partial charge in [-0.2, -0.15) is 0 Å². The van der Waals surface area contributed by atoms with Gasteiger partial charge in [-0.15, -0.1) is 0 Å². The van der Waals surface area contributed by atoms with Gasteiger partial charge in [-0.1, -0.05) is 51.4 Å². The van der Waals surface area contributed by atoms with Crippen LogP contribution >= 0.6 is 0 Å². The Morgan fingerprint density at radius 3 is 1.89 bits per heavy atom. The minimum Gasteiger partial charge on any atom is -0.326 e. The van der Waals surface area contributed by atoms with Crippen LogP contribution in [0, 0.1) is 0 Å². The summed E-state index contributed by atoms with van der Waals surface area (Å²) in [4.78, 5) is 2.73. The van der Waals surface area contributed by atoms with E-state index in [0.29, 0.717) is 12.1 Å². The molecular weight excluding hydrogens is 232 g/mol. The molecule has 2 N–H and O–H groups in total. The Balaban J connectivity index is 1.90. The van der Waals surface area contributed by atoms with Gasteiger partial charge in [0.1, 0.15) is 0 Å². The van der Waals surface area contributed by atoms with E-state index in [1.165, 1.54) is 83.6 Å². The van der Waals surface area contributed by atoms with Gasteiger partial charge >= 0.3 is 0 Å². The fourth-order valence-corrected chi connectivity index (χ4v) is 4.06. The minimum atomic E-state index is 0.417. The summed E-state index contributed by atoms with van der Waals surface area (Å²) in [5.74, 6) is 0. The van der Waals surface area contributed by atoms with Crippen LogP contribution in [-0.4, -0.2) is 29.6 Å². The summed E-state index contributed by atoms with van der Waals surface area (Å²) in [6, 6.07) is 1.85. The van der Waals surface area contributed by atoms with Crippen molar-refractivity contribution in [1.82, 2.24) is 4.90 Å². The average Bonchev–Trinajstić information content (AvgIpc) is 2.80. The highest BCUT2D eigenvalue weighted by Gasteiger charge is 2.30. The van der Waals surface area contributed by atoms with Crippen molar-refractivity contribution in [3.8, 4) is 0 Å². The molecule has 1 saturated heterocycles. The summed E-state index contributed by atoms with van der Waals surface area (Å²) in [5, 5.41) is 0. The third-order valence-electron chi connectivity index (χ3n) is 5.31. The second-order valence-electron chi connectivity index (χ2n) is 6.87. The molecule has 1 saturated carbocycles. The van der Waals surface area contributed by atoms with Gasteiger partial charge in [-0.25, -0.2) is 0 Å². The first-order valence-corrected chi connectivity index (χ1v) is 8.80. The minimum absolute atomic E-state index is 0.417. The van der Waals surface area contributed by atoms with E-state index in [1.54, 1.807) is 0 Å². The first-order chi connectivity index (χ1) is 9.29. The Kier molecular flexibility index (Phi) is 6.66. The number of rotatable bonds is 1. The fraction of sp³-hybridized carbons (Fsp3) is 1.00. The van der Waals surface area contributed by atoms with Gasteiger partial charge in [0.15, 0.2) is 0 Å². The summed E-state index contributed by atoms with van der Waals surface area (Å²) in [7, 11) is 0. The molecule has 1 heterocycles. The second-order valence-corrected chi connectivity index (χ2v) is 6.87. The van der Waals surface area contributed by atoms with Gasteiger partial charge in [0.25, 0.3) is 0 Å². The smallest absolute Gasteiger partial charge is 0.0250 e. The first kappa shape index (κ1) is 15.3. The summed E-state index contributed by atoms with van der Waals surface area (Å²) in [5.41, 5.74) is 6.56. The lowest BCUT2D eigenvalue weighted by molar-refractivity contribution is 0.147. The lowest BCUT2D eigenvalue weighted by Gasteiger charge is -2.36. The fourth-order valence-electron chi connectivity index (χ4n) is 4.06. The van der Waals surface area contributed by atoms with E-state index >= 15 is 0 Å². The maximum atomic E-state index is 6.56. The lowest BCUT2D eigenvalue weighted by atomic mass is 9.93. The highest BCUT2D eigenvalue weighted by molar-refractivity contribution is 4.88. The molecule has 3 atom stereocenters. The first-order valence-electron chi connectivity index (χ1n) is 8.80. The third-order valence-corrected chi connectivity index (χ3v) is 5.31. The average molecular weight is 266 g/mol. The van der Waals surface area contributed by atoms with Crippen molar-refractivity contribution in [2.24, 2.45) is 5.73 Å². The van der Waals surface area contributed by atoms with Crippen molar-refractivity contribution < 1.29 is 0 Å².